The lowest BCUT2D eigenvalue weighted by Crippen LogP contribution is -2.47. The van der Waals surface area contributed by atoms with Crippen molar-refractivity contribution >= 4 is 34.9 Å². The van der Waals surface area contributed by atoms with E-state index in [0.717, 1.165) is 24.2 Å². The van der Waals surface area contributed by atoms with Crippen molar-refractivity contribution in [3.63, 3.8) is 0 Å². The van der Waals surface area contributed by atoms with Crippen LogP contribution in [0.3, 0.4) is 0 Å². The van der Waals surface area contributed by atoms with Crippen molar-refractivity contribution in [2.24, 2.45) is 5.10 Å². The van der Waals surface area contributed by atoms with Gasteiger partial charge in [0.2, 0.25) is 0 Å². The first-order valence-corrected chi connectivity index (χ1v) is 14.6. The van der Waals surface area contributed by atoms with Crippen molar-refractivity contribution in [1.82, 2.24) is 14.8 Å². The molecule has 0 aliphatic carbocycles. The predicted octanol–water partition coefficient (Wildman–Crippen LogP) is 4.90. The lowest BCUT2D eigenvalue weighted by molar-refractivity contribution is -0.133. The first kappa shape index (κ1) is 30.3. The van der Waals surface area contributed by atoms with Crippen LogP contribution in [0.1, 0.15) is 23.6 Å². The minimum absolute atomic E-state index is 0.169. The molecule has 0 aromatic heterocycles. The standard InChI is InChI=1S/C32H36ClN5O5/c1-41-24-13-11-23(12-14-24)29-21-28(25-7-3-4-8-26(25)33)35-38(29)31(39)22-37(16-15-36-17-19-43-20-18-36)32(40)34-27-9-5-6-10-30(27)42-2/h3-14,29H,15-22H2,1-2H3,(H,34,40)/t29-/m0/s1. The molecule has 0 bridgehead atoms. The van der Waals surface area contributed by atoms with Gasteiger partial charge < -0.3 is 24.4 Å². The molecular weight excluding hydrogens is 570 g/mol. The summed E-state index contributed by atoms with van der Waals surface area (Å²) in [5.74, 6) is 0.942. The van der Waals surface area contributed by atoms with Gasteiger partial charge in [0.25, 0.3) is 5.91 Å². The summed E-state index contributed by atoms with van der Waals surface area (Å²) in [5, 5.41) is 9.74. The van der Waals surface area contributed by atoms with Gasteiger partial charge in [0.15, 0.2) is 0 Å². The zero-order valence-corrected chi connectivity index (χ0v) is 25.1. The highest BCUT2D eigenvalue weighted by molar-refractivity contribution is 6.34. The third-order valence-corrected chi connectivity index (χ3v) is 7.93. The number of urea groups is 1. The molecule has 0 saturated carbocycles. The van der Waals surface area contributed by atoms with Crippen molar-refractivity contribution in [2.75, 3.05) is 65.5 Å². The summed E-state index contributed by atoms with van der Waals surface area (Å²) in [6.07, 6.45) is 0.475. The Morgan fingerprint density at radius 2 is 1.72 bits per heavy atom. The predicted molar refractivity (Wildman–Crippen MR) is 166 cm³/mol. The van der Waals surface area contributed by atoms with E-state index < -0.39 is 6.03 Å². The summed E-state index contributed by atoms with van der Waals surface area (Å²) < 4.78 is 16.2. The van der Waals surface area contributed by atoms with Gasteiger partial charge in [-0.1, -0.05) is 54.1 Å². The number of nitrogens with one attached hydrogen (secondary N) is 1. The van der Waals surface area contributed by atoms with Gasteiger partial charge in [-0.15, -0.1) is 0 Å². The number of hydrogen-bond acceptors (Lipinski definition) is 7. The Kier molecular flexibility index (Phi) is 10.1. The maximum absolute atomic E-state index is 14.0. The summed E-state index contributed by atoms with van der Waals surface area (Å²) in [5.41, 5.74) is 2.91. The lowest BCUT2D eigenvalue weighted by Gasteiger charge is -2.31. The van der Waals surface area contributed by atoms with E-state index in [1.54, 1.807) is 26.4 Å². The Balaban J connectivity index is 1.40. The number of halogens is 1. The number of methoxy groups -OCH3 is 2. The SMILES string of the molecule is COc1ccc([C@@H]2CC(c3ccccc3Cl)=NN2C(=O)CN(CCN2CCOCC2)C(=O)Nc2ccccc2OC)cc1. The molecule has 2 heterocycles. The zero-order valence-electron chi connectivity index (χ0n) is 24.4. The zero-order chi connectivity index (χ0) is 30.2. The molecule has 1 fully saturated rings. The van der Waals surface area contributed by atoms with E-state index in [1.807, 2.05) is 60.7 Å². The minimum Gasteiger partial charge on any atom is -0.497 e. The van der Waals surface area contributed by atoms with Crippen LogP contribution in [0.15, 0.2) is 77.9 Å². The van der Waals surface area contributed by atoms with E-state index in [9.17, 15) is 9.59 Å². The third-order valence-electron chi connectivity index (χ3n) is 7.60. The summed E-state index contributed by atoms with van der Waals surface area (Å²) in [6, 6.07) is 21.4. The molecule has 0 radical (unpaired) electrons. The van der Waals surface area contributed by atoms with Crippen LogP contribution in [0.5, 0.6) is 11.5 Å². The Bertz CT molecular complexity index is 1440. The van der Waals surface area contributed by atoms with E-state index in [-0.39, 0.29) is 18.5 Å². The van der Waals surface area contributed by atoms with Crippen LogP contribution < -0.4 is 14.8 Å². The number of nitrogens with zero attached hydrogens (tertiary/aromatic N) is 4. The van der Waals surface area contributed by atoms with Crippen LogP contribution in [0.4, 0.5) is 10.5 Å². The van der Waals surface area contributed by atoms with Crippen molar-refractivity contribution in [1.29, 1.82) is 0 Å². The number of rotatable bonds is 10. The van der Waals surface area contributed by atoms with Gasteiger partial charge >= 0.3 is 6.03 Å². The van der Waals surface area contributed by atoms with E-state index >= 15 is 0 Å². The molecule has 11 heteroatoms. The van der Waals surface area contributed by atoms with Crippen LogP contribution in [0.25, 0.3) is 0 Å². The number of anilines is 1. The number of amides is 3. The van der Waals surface area contributed by atoms with Crippen molar-refractivity contribution in [2.45, 2.75) is 12.5 Å². The van der Waals surface area contributed by atoms with Gasteiger partial charge in [0.1, 0.15) is 18.0 Å². The smallest absolute Gasteiger partial charge is 0.322 e. The fourth-order valence-electron chi connectivity index (χ4n) is 5.20. The molecule has 3 aromatic rings. The average molecular weight is 606 g/mol. The Labute approximate surface area is 256 Å². The monoisotopic (exact) mass is 605 g/mol. The molecule has 226 valence electrons. The lowest BCUT2D eigenvalue weighted by atomic mass is 9.98. The van der Waals surface area contributed by atoms with Gasteiger partial charge in [-0.05, 0) is 35.9 Å². The highest BCUT2D eigenvalue weighted by Crippen LogP contribution is 2.35. The van der Waals surface area contributed by atoms with Gasteiger partial charge in [-0.3, -0.25) is 9.69 Å². The third kappa shape index (κ3) is 7.45. The number of carbonyl (C=O) groups excluding carboxylic acids is 2. The van der Waals surface area contributed by atoms with E-state index in [0.29, 0.717) is 60.6 Å². The fraction of sp³-hybridized carbons (Fsp3) is 0.344. The van der Waals surface area contributed by atoms with Crippen LogP contribution >= 0.6 is 11.6 Å². The minimum atomic E-state index is -0.401. The molecule has 10 nitrogen and oxygen atoms in total. The number of carbonyl (C=O) groups is 2. The summed E-state index contributed by atoms with van der Waals surface area (Å²) in [7, 11) is 3.16. The Morgan fingerprint density at radius 1 is 1.00 bits per heavy atom. The summed E-state index contributed by atoms with van der Waals surface area (Å²) in [6.45, 7) is 3.60. The van der Waals surface area contributed by atoms with Crippen molar-refractivity contribution in [3.05, 3.63) is 88.9 Å². The second kappa shape index (κ2) is 14.4. The topological polar surface area (TPSA) is 95.9 Å². The van der Waals surface area contributed by atoms with Crippen LogP contribution in [0, 0.1) is 0 Å². The van der Waals surface area contributed by atoms with Crippen LogP contribution in [-0.2, 0) is 9.53 Å². The molecule has 3 aromatic carbocycles. The molecule has 1 atom stereocenters. The summed E-state index contributed by atoms with van der Waals surface area (Å²) >= 11 is 6.52. The van der Waals surface area contributed by atoms with Gasteiger partial charge in [0, 0.05) is 43.2 Å². The van der Waals surface area contributed by atoms with Gasteiger partial charge in [-0.2, -0.15) is 5.10 Å². The van der Waals surface area contributed by atoms with Gasteiger partial charge in [-0.25, -0.2) is 9.80 Å². The number of hydrogen-bond donors (Lipinski definition) is 1. The Hall–Kier alpha value is -4.12. The molecule has 43 heavy (non-hydrogen) atoms. The maximum atomic E-state index is 14.0. The number of morpholine rings is 1. The van der Waals surface area contributed by atoms with Crippen LogP contribution in [0.2, 0.25) is 5.02 Å². The van der Waals surface area contributed by atoms with Crippen molar-refractivity contribution < 1.29 is 23.8 Å². The highest BCUT2D eigenvalue weighted by atomic mass is 35.5. The Morgan fingerprint density at radius 3 is 2.44 bits per heavy atom. The number of benzene rings is 3. The molecule has 2 aliphatic rings. The molecular formula is C32H36ClN5O5. The molecule has 5 rings (SSSR count). The van der Waals surface area contributed by atoms with Crippen molar-refractivity contribution in [3.8, 4) is 11.5 Å². The number of ether oxygens (including phenoxy) is 3. The second-order valence-corrected chi connectivity index (χ2v) is 10.7. The number of para-hydroxylation sites is 2. The first-order chi connectivity index (χ1) is 21.0. The molecule has 1 N–H and O–H groups in total. The van der Waals surface area contributed by atoms with E-state index in [2.05, 4.69) is 10.2 Å². The molecule has 0 unspecified atom stereocenters. The van der Waals surface area contributed by atoms with E-state index in [1.165, 1.54) is 9.91 Å². The normalized spacial score (nSPS) is 16.9. The fourth-order valence-corrected chi connectivity index (χ4v) is 5.45. The first-order valence-electron chi connectivity index (χ1n) is 14.2. The molecule has 3 amide bonds. The maximum Gasteiger partial charge on any atom is 0.322 e. The highest BCUT2D eigenvalue weighted by Gasteiger charge is 2.35. The molecule has 0 spiro atoms. The quantitative estimate of drug-likeness (QED) is 0.353. The number of hydrazone groups is 1. The molecule has 1 saturated heterocycles. The van der Waals surface area contributed by atoms with Gasteiger partial charge in [0.05, 0.1) is 44.9 Å². The molecule has 2 aliphatic heterocycles. The average Bonchev–Trinajstić information content (AvgIpc) is 3.49. The summed E-state index contributed by atoms with van der Waals surface area (Å²) in [4.78, 5) is 31.4. The second-order valence-electron chi connectivity index (χ2n) is 10.3. The largest absolute Gasteiger partial charge is 0.497 e. The van der Waals surface area contributed by atoms with Crippen LogP contribution in [-0.4, -0.2) is 92.6 Å². The van der Waals surface area contributed by atoms with E-state index in [4.69, 9.17) is 30.9 Å².